The highest BCUT2D eigenvalue weighted by molar-refractivity contribution is 9.10. The number of anilines is 2. The Hall–Kier alpha value is -0.770. The average Bonchev–Trinajstić information content (AvgIpc) is 2.39. The van der Waals surface area contributed by atoms with Gasteiger partial charge in [0.15, 0.2) is 0 Å². The summed E-state index contributed by atoms with van der Waals surface area (Å²) < 4.78 is 1.04. The van der Waals surface area contributed by atoms with Gasteiger partial charge < -0.3 is 10.6 Å². The molecule has 1 saturated heterocycles. The molecule has 2 fully saturated rings. The number of hydrogen-bond acceptors (Lipinski definition) is 3. The minimum atomic E-state index is 0.688. The van der Waals surface area contributed by atoms with E-state index < -0.39 is 0 Å². The molecule has 1 aliphatic heterocycles. The Kier molecular flexibility index (Phi) is 3.46. The SMILES string of the molecule is Nc1cncc(Br)c1N1CCC[C@H]2CCCC[C@H]21. The molecule has 3 nitrogen and oxygen atoms in total. The molecule has 1 aromatic heterocycles. The summed E-state index contributed by atoms with van der Waals surface area (Å²) in [6, 6.07) is 0.688. The lowest BCUT2D eigenvalue weighted by Crippen LogP contribution is -2.47. The number of rotatable bonds is 1. The monoisotopic (exact) mass is 309 g/mol. The normalized spacial score (nSPS) is 27.9. The van der Waals surface area contributed by atoms with Crippen molar-refractivity contribution < 1.29 is 0 Å². The van der Waals surface area contributed by atoms with Crippen molar-refractivity contribution in [1.82, 2.24) is 4.98 Å². The molecular formula is C14H20BrN3. The summed E-state index contributed by atoms with van der Waals surface area (Å²) in [6.07, 6.45) is 11.8. The van der Waals surface area contributed by atoms with Crippen molar-refractivity contribution >= 4 is 27.3 Å². The molecule has 1 saturated carbocycles. The lowest BCUT2D eigenvalue weighted by Gasteiger charge is -2.46. The molecule has 0 aromatic carbocycles. The van der Waals surface area contributed by atoms with E-state index in [4.69, 9.17) is 5.73 Å². The maximum absolute atomic E-state index is 6.14. The van der Waals surface area contributed by atoms with E-state index in [9.17, 15) is 0 Å². The van der Waals surface area contributed by atoms with Crippen molar-refractivity contribution in [2.45, 2.75) is 44.6 Å². The number of hydrogen-bond donors (Lipinski definition) is 1. The smallest absolute Gasteiger partial charge is 0.0778 e. The maximum atomic E-state index is 6.14. The molecule has 1 aliphatic carbocycles. The highest BCUT2D eigenvalue weighted by Gasteiger charge is 2.34. The van der Waals surface area contributed by atoms with Crippen LogP contribution in [0.25, 0.3) is 0 Å². The Bertz CT molecular complexity index is 413. The number of pyridine rings is 1. The molecule has 0 bridgehead atoms. The van der Waals surface area contributed by atoms with E-state index in [0.717, 1.165) is 22.6 Å². The summed E-state index contributed by atoms with van der Waals surface area (Å²) in [5.41, 5.74) is 8.11. The van der Waals surface area contributed by atoms with E-state index >= 15 is 0 Å². The number of aromatic nitrogens is 1. The van der Waals surface area contributed by atoms with E-state index in [0.29, 0.717) is 6.04 Å². The third-order valence-electron chi connectivity index (χ3n) is 4.43. The molecule has 2 heterocycles. The second-order valence-corrected chi connectivity index (χ2v) is 6.36. The quantitative estimate of drug-likeness (QED) is 0.862. The number of halogens is 1. The van der Waals surface area contributed by atoms with Crippen LogP contribution in [0.5, 0.6) is 0 Å². The van der Waals surface area contributed by atoms with Crippen LogP contribution in [0.15, 0.2) is 16.9 Å². The molecule has 1 aromatic rings. The van der Waals surface area contributed by atoms with Gasteiger partial charge in [0.2, 0.25) is 0 Å². The topological polar surface area (TPSA) is 42.1 Å². The zero-order chi connectivity index (χ0) is 12.5. The number of piperidine rings is 1. The first kappa shape index (κ1) is 12.3. The Morgan fingerprint density at radius 3 is 2.78 bits per heavy atom. The van der Waals surface area contributed by atoms with Gasteiger partial charge in [0, 0.05) is 18.8 Å². The van der Waals surface area contributed by atoms with Crippen molar-refractivity contribution in [3.63, 3.8) is 0 Å². The van der Waals surface area contributed by atoms with Crippen LogP contribution in [0.4, 0.5) is 11.4 Å². The van der Waals surface area contributed by atoms with Gasteiger partial charge in [-0.25, -0.2) is 0 Å². The average molecular weight is 310 g/mol. The molecule has 0 radical (unpaired) electrons. The first-order chi connectivity index (χ1) is 8.77. The second-order valence-electron chi connectivity index (χ2n) is 5.51. The first-order valence-electron chi connectivity index (χ1n) is 6.93. The molecule has 3 rings (SSSR count). The van der Waals surface area contributed by atoms with E-state index in [-0.39, 0.29) is 0 Å². The molecule has 0 amide bonds. The van der Waals surface area contributed by atoms with Gasteiger partial charge in [0.05, 0.1) is 22.0 Å². The summed E-state index contributed by atoms with van der Waals surface area (Å²) in [5.74, 6) is 0.868. The Labute approximate surface area is 117 Å². The predicted octanol–water partition coefficient (Wildman–Crippen LogP) is 3.59. The van der Waals surface area contributed by atoms with Crippen molar-refractivity contribution in [1.29, 1.82) is 0 Å². The van der Waals surface area contributed by atoms with Gasteiger partial charge in [0.25, 0.3) is 0 Å². The van der Waals surface area contributed by atoms with Crippen molar-refractivity contribution in [2.75, 3.05) is 17.2 Å². The summed E-state index contributed by atoms with van der Waals surface area (Å²) in [4.78, 5) is 6.68. The number of nitrogen functional groups attached to an aromatic ring is 1. The van der Waals surface area contributed by atoms with Gasteiger partial charge in [-0.2, -0.15) is 0 Å². The van der Waals surface area contributed by atoms with Crippen LogP contribution in [0.3, 0.4) is 0 Å². The fourth-order valence-corrected chi connectivity index (χ4v) is 4.22. The number of fused-ring (bicyclic) bond motifs is 1. The summed E-state index contributed by atoms with van der Waals surface area (Å²) in [5, 5.41) is 0. The fraction of sp³-hybridized carbons (Fsp3) is 0.643. The van der Waals surface area contributed by atoms with Crippen LogP contribution < -0.4 is 10.6 Å². The summed E-state index contributed by atoms with van der Waals surface area (Å²) in [7, 11) is 0. The predicted molar refractivity (Wildman–Crippen MR) is 78.7 cm³/mol. The molecule has 18 heavy (non-hydrogen) atoms. The van der Waals surface area contributed by atoms with Crippen LogP contribution in [0, 0.1) is 5.92 Å². The second kappa shape index (κ2) is 5.08. The number of nitrogens with zero attached hydrogens (tertiary/aromatic N) is 2. The molecule has 0 unspecified atom stereocenters. The van der Waals surface area contributed by atoms with E-state index in [1.165, 1.54) is 44.2 Å². The van der Waals surface area contributed by atoms with Gasteiger partial charge in [-0.15, -0.1) is 0 Å². The van der Waals surface area contributed by atoms with Crippen LogP contribution in [0.2, 0.25) is 0 Å². The van der Waals surface area contributed by atoms with Crippen LogP contribution in [-0.4, -0.2) is 17.6 Å². The Morgan fingerprint density at radius 2 is 1.94 bits per heavy atom. The standard InChI is InChI=1S/C14H20BrN3/c15-11-8-17-9-12(16)14(11)18-7-3-5-10-4-1-2-6-13(10)18/h8-10,13H,1-7,16H2/t10-,13-/m1/s1. The molecule has 98 valence electrons. The molecule has 2 aliphatic rings. The zero-order valence-electron chi connectivity index (χ0n) is 10.6. The van der Waals surface area contributed by atoms with Crippen LogP contribution >= 0.6 is 15.9 Å². The van der Waals surface area contributed by atoms with Gasteiger partial charge in [0.1, 0.15) is 0 Å². The van der Waals surface area contributed by atoms with E-state index in [1.54, 1.807) is 6.20 Å². The maximum Gasteiger partial charge on any atom is 0.0778 e. The lowest BCUT2D eigenvalue weighted by molar-refractivity contribution is 0.244. The van der Waals surface area contributed by atoms with Crippen molar-refractivity contribution in [3.8, 4) is 0 Å². The Morgan fingerprint density at radius 1 is 1.17 bits per heavy atom. The van der Waals surface area contributed by atoms with Gasteiger partial charge >= 0.3 is 0 Å². The molecular weight excluding hydrogens is 290 g/mol. The Balaban J connectivity index is 1.94. The number of nitrogens with two attached hydrogens (primary N) is 1. The fourth-order valence-electron chi connectivity index (χ4n) is 3.65. The molecule has 0 spiro atoms. The van der Waals surface area contributed by atoms with E-state index in [1.807, 2.05) is 6.20 Å². The van der Waals surface area contributed by atoms with Gasteiger partial charge in [-0.1, -0.05) is 12.8 Å². The van der Waals surface area contributed by atoms with Gasteiger partial charge in [-0.05, 0) is 47.5 Å². The van der Waals surface area contributed by atoms with Gasteiger partial charge in [-0.3, -0.25) is 4.98 Å². The minimum Gasteiger partial charge on any atom is -0.396 e. The van der Waals surface area contributed by atoms with Crippen LogP contribution in [0.1, 0.15) is 38.5 Å². The largest absolute Gasteiger partial charge is 0.396 e. The summed E-state index contributed by atoms with van der Waals surface area (Å²) in [6.45, 7) is 1.13. The summed E-state index contributed by atoms with van der Waals surface area (Å²) >= 11 is 3.62. The molecule has 2 N–H and O–H groups in total. The lowest BCUT2D eigenvalue weighted by atomic mass is 9.78. The molecule has 2 atom stereocenters. The van der Waals surface area contributed by atoms with Crippen molar-refractivity contribution in [3.05, 3.63) is 16.9 Å². The third-order valence-corrected chi connectivity index (χ3v) is 5.01. The zero-order valence-corrected chi connectivity index (χ0v) is 12.2. The van der Waals surface area contributed by atoms with E-state index in [2.05, 4.69) is 25.8 Å². The third kappa shape index (κ3) is 2.11. The molecule has 4 heteroatoms. The van der Waals surface area contributed by atoms with Crippen molar-refractivity contribution in [2.24, 2.45) is 5.92 Å². The van der Waals surface area contributed by atoms with Crippen LogP contribution in [-0.2, 0) is 0 Å². The highest BCUT2D eigenvalue weighted by atomic mass is 79.9. The minimum absolute atomic E-state index is 0.688. The highest BCUT2D eigenvalue weighted by Crippen LogP contribution is 2.41. The first-order valence-corrected chi connectivity index (χ1v) is 7.72.